The van der Waals surface area contributed by atoms with Crippen molar-refractivity contribution in [3.8, 4) is 5.75 Å². The van der Waals surface area contributed by atoms with E-state index in [9.17, 15) is 13.2 Å². The molecule has 0 amide bonds. The molecular formula is C15H17ClF3NO. The lowest BCUT2D eigenvalue weighted by Gasteiger charge is -2.26. The van der Waals surface area contributed by atoms with Gasteiger partial charge in [-0.15, -0.1) is 0 Å². The van der Waals surface area contributed by atoms with Gasteiger partial charge in [0.2, 0.25) is 0 Å². The van der Waals surface area contributed by atoms with Crippen molar-refractivity contribution in [2.45, 2.75) is 31.5 Å². The molecule has 0 unspecified atom stereocenters. The third kappa shape index (κ3) is 3.46. The van der Waals surface area contributed by atoms with Crippen LogP contribution in [0.4, 0.5) is 13.2 Å². The minimum absolute atomic E-state index is 0.0696. The van der Waals surface area contributed by atoms with E-state index in [0.29, 0.717) is 5.92 Å². The van der Waals surface area contributed by atoms with Gasteiger partial charge in [0, 0.05) is 17.5 Å². The SMILES string of the molecule is FC(F)(F)c1cc(Cl)ccc1O[C@@H](C1CC1)[C@H]1CCNC1. The van der Waals surface area contributed by atoms with Crippen LogP contribution < -0.4 is 10.1 Å². The smallest absolute Gasteiger partial charge is 0.420 e. The lowest BCUT2D eigenvalue weighted by molar-refractivity contribution is -0.139. The van der Waals surface area contributed by atoms with Crippen molar-refractivity contribution in [2.24, 2.45) is 11.8 Å². The molecule has 0 bridgehead atoms. The summed E-state index contributed by atoms with van der Waals surface area (Å²) in [5, 5.41) is 3.32. The van der Waals surface area contributed by atoms with E-state index in [1.807, 2.05) is 0 Å². The third-order valence-corrected chi connectivity index (χ3v) is 4.39. The Balaban J connectivity index is 1.85. The molecule has 2 atom stereocenters. The fraction of sp³-hybridized carbons (Fsp3) is 0.600. The summed E-state index contributed by atoms with van der Waals surface area (Å²) < 4.78 is 45.2. The van der Waals surface area contributed by atoms with Gasteiger partial charge >= 0.3 is 6.18 Å². The Labute approximate surface area is 126 Å². The number of benzene rings is 1. The number of hydrogen-bond acceptors (Lipinski definition) is 2. The van der Waals surface area contributed by atoms with Gasteiger partial charge in [0.25, 0.3) is 0 Å². The quantitative estimate of drug-likeness (QED) is 0.901. The van der Waals surface area contributed by atoms with Gasteiger partial charge in [-0.2, -0.15) is 13.2 Å². The summed E-state index contributed by atoms with van der Waals surface area (Å²) in [5.74, 6) is 0.566. The molecule has 1 heterocycles. The first-order valence-electron chi connectivity index (χ1n) is 7.19. The fourth-order valence-corrected chi connectivity index (χ4v) is 3.10. The van der Waals surface area contributed by atoms with Crippen molar-refractivity contribution < 1.29 is 17.9 Å². The van der Waals surface area contributed by atoms with Gasteiger partial charge < -0.3 is 10.1 Å². The summed E-state index contributed by atoms with van der Waals surface area (Å²) in [6.45, 7) is 1.72. The van der Waals surface area contributed by atoms with Gasteiger partial charge in [-0.1, -0.05) is 11.6 Å². The highest BCUT2D eigenvalue weighted by atomic mass is 35.5. The van der Waals surface area contributed by atoms with Gasteiger partial charge in [0.15, 0.2) is 0 Å². The number of hydrogen-bond donors (Lipinski definition) is 1. The number of ether oxygens (including phenoxy) is 1. The van der Waals surface area contributed by atoms with E-state index in [4.69, 9.17) is 16.3 Å². The molecule has 0 spiro atoms. The third-order valence-electron chi connectivity index (χ3n) is 4.16. The van der Waals surface area contributed by atoms with Crippen LogP contribution in [0.1, 0.15) is 24.8 Å². The van der Waals surface area contributed by atoms with Crippen LogP contribution in [0.3, 0.4) is 0 Å². The molecule has 0 aromatic heterocycles. The van der Waals surface area contributed by atoms with Gasteiger partial charge in [-0.25, -0.2) is 0 Å². The van der Waals surface area contributed by atoms with E-state index < -0.39 is 11.7 Å². The minimum atomic E-state index is -4.46. The maximum absolute atomic E-state index is 13.1. The number of halogens is 4. The average Bonchev–Trinajstić information content (AvgIpc) is 3.10. The largest absolute Gasteiger partial charge is 0.489 e. The molecule has 1 aromatic rings. The van der Waals surface area contributed by atoms with Crippen molar-refractivity contribution in [2.75, 3.05) is 13.1 Å². The number of nitrogens with one attached hydrogen (secondary N) is 1. The van der Waals surface area contributed by atoms with E-state index in [1.54, 1.807) is 0 Å². The molecule has 1 aliphatic carbocycles. The summed E-state index contributed by atoms with van der Waals surface area (Å²) in [4.78, 5) is 0. The van der Waals surface area contributed by atoms with Crippen molar-refractivity contribution in [3.05, 3.63) is 28.8 Å². The second kappa shape index (κ2) is 5.69. The molecule has 1 aliphatic heterocycles. The topological polar surface area (TPSA) is 21.3 Å². The van der Waals surface area contributed by atoms with Gasteiger partial charge in [-0.3, -0.25) is 0 Å². The van der Waals surface area contributed by atoms with Crippen LogP contribution in [0, 0.1) is 11.8 Å². The first-order chi connectivity index (χ1) is 9.95. The molecule has 0 radical (unpaired) electrons. The predicted molar refractivity (Wildman–Crippen MR) is 74.6 cm³/mol. The summed E-state index contributed by atoms with van der Waals surface area (Å²) >= 11 is 5.70. The van der Waals surface area contributed by atoms with Gasteiger partial charge in [0.05, 0.1) is 5.56 Å². The Morgan fingerprint density at radius 1 is 1.19 bits per heavy atom. The zero-order valence-corrected chi connectivity index (χ0v) is 12.2. The lowest BCUT2D eigenvalue weighted by atomic mass is 9.97. The summed E-state index contributed by atoms with van der Waals surface area (Å²) in [7, 11) is 0. The number of rotatable bonds is 4. The number of alkyl halides is 3. The monoisotopic (exact) mass is 319 g/mol. The normalized spacial score (nSPS) is 24.1. The highest BCUT2D eigenvalue weighted by Crippen LogP contribution is 2.43. The highest BCUT2D eigenvalue weighted by Gasteiger charge is 2.41. The Kier molecular flexibility index (Phi) is 4.06. The molecule has 6 heteroatoms. The van der Waals surface area contributed by atoms with E-state index in [1.165, 1.54) is 12.1 Å². The summed E-state index contributed by atoms with van der Waals surface area (Å²) in [6.07, 6.45) is -1.56. The van der Waals surface area contributed by atoms with Crippen molar-refractivity contribution in [3.63, 3.8) is 0 Å². The van der Waals surface area contributed by atoms with Crippen molar-refractivity contribution >= 4 is 11.6 Å². The molecule has 21 heavy (non-hydrogen) atoms. The maximum Gasteiger partial charge on any atom is 0.420 e. The predicted octanol–water partition coefficient (Wildman–Crippen LogP) is 4.13. The molecule has 1 saturated carbocycles. The van der Waals surface area contributed by atoms with E-state index in [-0.39, 0.29) is 22.8 Å². The Bertz CT molecular complexity index is 510. The second-order valence-electron chi connectivity index (χ2n) is 5.81. The van der Waals surface area contributed by atoms with Crippen LogP contribution in [-0.4, -0.2) is 19.2 Å². The summed E-state index contributed by atoms with van der Waals surface area (Å²) in [6, 6.07) is 3.72. The highest BCUT2D eigenvalue weighted by molar-refractivity contribution is 6.30. The molecule has 1 N–H and O–H groups in total. The zero-order valence-electron chi connectivity index (χ0n) is 11.4. The first-order valence-corrected chi connectivity index (χ1v) is 7.57. The first kappa shape index (κ1) is 15.0. The molecule has 1 saturated heterocycles. The molecule has 1 aromatic carbocycles. The van der Waals surface area contributed by atoms with Gasteiger partial charge in [0.1, 0.15) is 11.9 Å². The average molecular weight is 320 g/mol. The lowest BCUT2D eigenvalue weighted by Crippen LogP contribution is -2.31. The van der Waals surface area contributed by atoms with Crippen molar-refractivity contribution in [1.82, 2.24) is 5.32 Å². The molecule has 3 rings (SSSR count). The Morgan fingerprint density at radius 3 is 2.52 bits per heavy atom. The Morgan fingerprint density at radius 2 is 1.95 bits per heavy atom. The van der Waals surface area contributed by atoms with Crippen LogP contribution in [-0.2, 0) is 6.18 Å². The van der Waals surface area contributed by atoms with Crippen LogP contribution in [0.2, 0.25) is 5.02 Å². The summed E-state index contributed by atoms with van der Waals surface area (Å²) in [5.41, 5.74) is -0.786. The van der Waals surface area contributed by atoms with Crippen LogP contribution >= 0.6 is 11.6 Å². The second-order valence-corrected chi connectivity index (χ2v) is 6.25. The van der Waals surface area contributed by atoms with Crippen LogP contribution in [0.25, 0.3) is 0 Å². The molecule has 2 fully saturated rings. The van der Waals surface area contributed by atoms with Crippen molar-refractivity contribution in [1.29, 1.82) is 0 Å². The van der Waals surface area contributed by atoms with E-state index >= 15 is 0 Å². The van der Waals surface area contributed by atoms with Crippen LogP contribution in [0.5, 0.6) is 5.75 Å². The Hall–Kier alpha value is -0.940. The van der Waals surface area contributed by atoms with Gasteiger partial charge in [-0.05, 0) is 49.9 Å². The molecule has 2 aliphatic rings. The molecule has 2 nitrogen and oxygen atoms in total. The maximum atomic E-state index is 13.1. The molecular weight excluding hydrogens is 303 g/mol. The molecule has 116 valence electrons. The van der Waals surface area contributed by atoms with E-state index in [0.717, 1.165) is 38.4 Å². The zero-order chi connectivity index (χ0) is 15.0. The van der Waals surface area contributed by atoms with E-state index in [2.05, 4.69) is 5.32 Å². The fourth-order valence-electron chi connectivity index (χ4n) is 2.93. The minimum Gasteiger partial charge on any atom is -0.489 e. The van der Waals surface area contributed by atoms with Crippen LogP contribution in [0.15, 0.2) is 18.2 Å². The standard InChI is InChI=1S/C15H17ClF3NO/c16-11-3-4-13(12(7-11)15(17,18)19)21-14(9-1-2-9)10-5-6-20-8-10/h3-4,7,9-10,14,20H,1-2,5-6,8H2/t10-,14-/m0/s1.